The van der Waals surface area contributed by atoms with E-state index in [9.17, 15) is 9.59 Å². The number of hydrogen-bond acceptors (Lipinski definition) is 4. The van der Waals surface area contributed by atoms with Crippen molar-refractivity contribution in [3.05, 3.63) is 0 Å². The van der Waals surface area contributed by atoms with Crippen LogP contribution >= 0.6 is 22.9 Å². The van der Waals surface area contributed by atoms with E-state index >= 15 is 0 Å². The van der Waals surface area contributed by atoms with Gasteiger partial charge in [-0.1, -0.05) is 58.3 Å². The van der Waals surface area contributed by atoms with Gasteiger partial charge >= 0.3 is 5.97 Å². The molecule has 5 nitrogen and oxygen atoms in total. The molecule has 1 atom stereocenters. The number of esters is 1. The van der Waals surface area contributed by atoms with Crippen LogP contribution in [-0.2, 0) is 14.3 Å². The molecule has 0 aromatic rings. The van der Waals surface area contributed by atoms with E-state index in [1.165, 1.54) is 50.0 Å². The zero-order chi connectivity index (χ0) is 16.2. The van der Waals surface area contributed by atoms with Crippen molar-refractivity contribution in [3.63, 3.8) is 0 Å². The molecular formula is C16H29IN2O3. The van der Waals surface area contributed by atoms with Crippen LogP contribution in [0.5, 0.6) is 0 Å². The average Bonchev–Trinajstić information content (AvgIpc) is 2.92. The van der Waals surface area contributed by atoms with Gasteiger partial charge in [0.25, 0.3) is 0 Å². The Bertz CT molecular complexity index is 339. The summed E-state index contributed by atoms with van der Waals surface area (Å²) < 4.78 is 7.73. The molecule has 1 rings (SSSR count). The molecule has 0 saturated carbocycles. The van der Waals surface area contributed by atoms with Crippen molar-refractivity contribution in [1.29, 1.82) is 0 Å². The number of rotatable bonds is 12. The number of nitrogens with zero attached hydrogens (tertiary/aromatic N) is 1. The van der Waals surface area contributed by atoms with E-state index in [0.29, 0.717) is 19.4 Å². The van der Waals surface area contributed by atoms with Gasteiger partial charge < -0.3 is 4.74 Å². The number of hydrazine groups is 1. The van der Waals surface area contributed by atoms with Crippen LogP contribution in [0.15, 0.2) is 0 Å². The maximum absolute atomic E-state index is 12.2. The summed E-state index contributed by atoms with van der Waals surface area (Å²) in [4.78, 5) is 23.7. The molecule has 1 N–H and O–H groups in total. The number of ether oxygens (including phenoxy) is 1. The zero-order valence-electron chi connectivity index (χ0n) is 13.6. The van der Waals surface area contributed by atoms with Crippen LogP contribution < -0.4 is 3.64 Å². The molecule has 1 fully saturated rings. The van der Waals surface area contributed by atoms with Crippen LogP contribution in [0.2, 0.25) is 0 Å². The predicted molar refractivity (Wildman–Crippen MR) is 95.2 cm³/mol. The van der Waals surface area contributed by atoms with Crippen molar-refractivity contribution in [3.8, 4) is 0 Å². The highest BCUT2D eigenvalue weighted by Gasteiger charge is 2.34. The van der Waals surface area contributed by atoms with E-state index in [0.717, 1.165) is 12.8 Å². The van der Waals surface area contributed by atoms with Crippen LogP contribution in [0.1, 0.15) is 77.6 Å². The molecule has 128 valence electrons. The van der Waals surface area contributed by atoms with E-state index in [1.54, 1.807) is 0 Å². The molecule has 1 aliphatic heterocycles. The number of unbranched alkanes of at least 4 members (excludes halogenated alkanes) is 8. The van der Waals surface area contributed by atoms with E-state index in [1.807, 2.05) is 22.9 Å². The van der Waals surface area contributed by atoms with Crippen LogP contribution in [0.3, 0.4) is 0 Å². The zero-order valence-corrected chi connectivity index (χ0v) is 15.8. The fraction of sp³-hybridized carbons (Fsp3) is 0.875. The lowest BCUT2D eigenvalue weighted by atomic mass is 10.1. The van der Waals surface area contributed by atoms with Gasteiger partial charge in [-0.25, -0.2) is 4.79 Å². The van der Waals surface area contributed by atoms with Gasteiger partial charge in [0.05, 0.1) is 6.61 Å². The van der Waals surface area contributed by atoms with Crippen LogP contribution in [-0.4, -0.2) is 29.5 Å². The number of carbonyl (C=O) groups is 2. The highest BCUT2D eigenvalue weighted by atomic mass is 127. The van der Waals surface area contributed by atoms with Crippen molar-refractivity contribution < 1.29 is 14.3 Å². The number of nitrogens with one attached hydrogen (secondary N) is 1. The molecule has 22 heavy (non-hydrogen) atoms. The Morgan fingerprint density at radius 1 is 1.18 bits per heavy atom. The first-order valence-corrected chi connectivity index (χ1v) is 9.63. The second-order valence-electron chi connectivity index (χ2n) is 5.90. The Balaban J connectivity index is 2.08. The number of halogens is 1. The molecule has 0 aromatic heterocycles. The largest absolute Gasteiger partial charge is 0.464 e. The van der Waals surface area contributed by atoms with Crippen LogP contribution in [0.25, 0.3) is 0 Å². The maximum Gasteiger partial charge on any atom is 0.330 e. The molecule has 0 radical (unpaired) electrons. The quantitative estimate of drug-likeness (QED) is 0.170. The lowest BCUT2D eigenvalue weighted by Gasteiger charge is -2.23. The second-order valence-corrected chi connectivity index (χ2v) is 6.38. The van der Waals surface area contributed by atoms with Gasteiger partial charge in [0.15, 0.2) is 0 Å². The second kappa shape index (κ2) is 12.1. The van der Waals surface area contributed by atoms with E-state index in [2.05, 4.69) is 10.6 Å². The third kappa shape index (κ3) is 7.26. The fourth-order valence-corrected chi connectivity index (χ4v) is 3.31. The number of amides is 1. The summed E-state index contributed by atoms with van der Waals surface area (Å²) in [6.45, 7) is 2.64. The lowest BCUT2D eigenvalue weighted by Crippen LogP contribution is -2.47. The molecule has 1 unspecified atom stereocenters. The average molecular weight is 424 g/mol. The maximum atomic E-state index is 12.2. The first-order valence-electron chi connectivity index (χ1n) is 8.55. The van der Waals surface area contributed by atoms with Gasteiger partial charge in [-0.3, -0.25) is 9.80 Å². The van der Waals surface area contributed by atoms with Gasteiger partial charge in [0.2, 0.25) is 5.91 Å². The van der Waals surface area contributed by atoms with Crippen molar-refractivity contribution in [2.24, 2.45) is 0 Å². The predicted octanol–water partition coefficient (Wildman–Crippen LogP) is 3.91. The Morgan fingerprint density at radius 2 is 1.77 bits per heavy atom. The minimum Gasteiger partial charge on any atom is -0.464 e. The molecule has 0 aliphatic carbocycles. The van der Waals surface area contributed by atoms with Crippen molar-refractivity contribution in [2.45, 2.75) is 83.6 Å². The van der Waals surface area contributed by atoms with Gasteiger partial charge in [-0.2, -0.15) is 3.64 Å². The summed E-state index contributed by atoms with van der Waals surface area (Å²) in [7, 11) is 0. The summed E-state index contributed by atoms with van der Waals surface area (Å²) in [6, 6.07) is -0.456. The summed E-state index contributed by atoms with van der Waals surface area (Å²) in [5, 5.41) is 1.43. The first kappa shape index (κ1) is 19.7. The van der Waals surface area contributed by atoms with Crippen molar-refractivity contribution in [1.82, 2.24) is 8.65 Å². The van der Waals surface area contributed by atoms with Crippen LogP contribution in [0, 0.1) is 0 Å². The summed E-state index contributed by atoms with van der Waals surface area (Å²) >= 11 is 1.90. The first-order chi connectivity index (χ1) is 10.7. The van der Waals surface area contributed by atoms with Gasteiger partial charge in [0.1, 0.15) is 6.04 Å². The molecule has 1 amide bonds. The summed E-state index contributed by atoms with van der Waals surface area (Å²) in [6.07, 6.45) is 12.1. The molecule has 0 spiro atoms. The summed E-state index contributed by atoms with van der Waals surface area (Å²) in [5.41, 5.74) is 0. The van der Waals surface area contributed by atoms with Crippen LogP contribution in [0.4, 0.5) is 0 Å². The molecule has 0 aromatic carbocycles. The Kier molecular flexibility index (Phi) is 10.8. The monoisotopic (exact) mass is 424 g/mol. The molecular weight excluding hydrogens is 395 g/mol. The smallest absolute Gasteiger partial charge is 0.330 e. The fourth-order valence-electron chi connectivity index (χ4n) is 2.71. The standard InChI is InChI=1S/C16H29IN2O3/c1-2-3-4-5-6-7-8-9-10-11-15(20)19(18-17)14-12-13-22-16(14)21/h14,18H,2-13H2,1H3. The Hall–Kier alpha value is -0.370. The van der Waals surface area contributed by atoms with Crippen molar-refractivity contribution in [2.75, 3.05) is 6.61 Å². The number of cyclic esters (lactones) is 1. The third-order valence-electron chi connectivity index (χ3n) is 4.07. The van der Waals surface area contributed by atoms with Gasteiger partial charge in [0, 0.05) is 35.7 Å². The van der Waals surface area contributed by atoms with E-state index in [4.69, 9.17) is 4.74 Å². The third-order valence-corrected chi connectivity index (χ3v) is 4.59. The Morgan fingerprint density at radius 3 is 2.27 bits per heavy atom. The molecule has 1 heterocycles. The highest BCUT2D eigenvalue weighted by molar-refractivity contribution is 14.1. The van der Waals surface area contributed by atoms with E-state index in [-0.39, 0.29) is 11.9 Å². The van der Waals surface area contributed by atoms with Gasteiger partial charge in [-0.05, 0) is 6.42 Å². The van der Waals surface area contributed by atoms with E-state index < -0.39 is 6.04 Å². The Labute approximate surface area is 148 Å². The molecule has 0 bridgehead atoms. The molecule has 6 heteroatoms. The summed E-state index contributed by atoms with van der Waals surface area (Å²) in [5.74, 6) is -0.314. The van der Waals surface area contributed by atoms with Gasteiger partial charge in [-0.15, -0.1) is 0 Å². The minimum atomic E-state index is -0.456. The topological polar surface area (TPSA) is 58.6 Å². The molecule has 1 saturated heterocycles. The number of hydrogen-bond donors (Lipinski definition) is 1. The normalized spacial score (nSPS) is 17.5. The highest BCUT2D eigenvalue weighted by Crippen LogP contribution is 2.16. The van der Waals surface area contributed by atoms with Crippen molar-refractivity contribution >= 4 is 34.7 Å². The molecule has 1 aliphatic rings. The number of carbonyl (C=O) groups excluding carboxylic acids is 2. The lowest BCUT2D eigenvalue weighted by molar-refractivity contribution is -0.149. The minimum absolute atomic E-state index is 0.0128. The SMILES string of the molecule is CCCCCCCCCCCC(=O)N(NI)C1CCOC1=O.